The van der Waals surface area contributed by atoms with Crippen LogP contribution in [0.25, 0.3) is 0 Å². The van der Waals surface area contributed by atoms with Gasteiger partial charge >= 0.3 is 0 Å². The highest BCUT2D eigenvalue weighted by Gasteiger charge is 2.26. The van der Waals surface area contributed by atoms with Gasteiger partial charge in [-0.1, -0.05) is 20.8 Å². The van der Waals surface area contributed by atoms with Crippen molar-refractivity contribution < 1.29 is 8.78 Å². The molecule has 0 bridgehead atoms. The van der Waals surface area contributed by atoms with Gasteiger partial charge in [0.1, 0.15) is 0 Å². The lowest BCUT2D eigenvalue weighted by atomic mass is 9.90. The molecule has 5 heteroatoms. The number of nitrogens with zero attached hydrogens (tertiary/aromatic N) is 1. The first-order valence-corrected chi connectivity index (χ1v) is 6.90. The lowest BCUT2D eigenvalue weighted by Crippen LogP contribution is -2.37. The molecule has 0 saturated carbocycles. The van der Waals surface area contributed by atoms with Crippen molar-refractivity contribution in [3.05, 3.63) is 17.7 Å². The molecule has 2 N–H and O–H groups in total. The van der Waals surface area contributed by atoms with Crippen molar-refractivity contribution in [2.75, 3.05) is 17.2 Å². The molecular formula is C14H23F2N3. The molecule has 0 aliphatic carbocycles. The van der Waals surface area contributed by atoms with Crippen LogP contribution in [0.5, 0.6) is 0 Å². The summed E-state index contributed by atoms with van der Waals surface area (Å²) in [5.74, 6) is -1.12. The van der Waals surface area contributed by atoms with Gasteiger partial charge in [-0.2, -0.15) is 0 Å². The molecule has 0 unspecified atom stereocenters. The summed E-state index contributed by atoms with van der Waals surface area (Å²) >= 11 is 0. The van der Waals surface area contributed by atoms with E-state index in [-0.39, 0.29) is 17.2 Å². The number of pyridine rings is 1. The molecule has 0 atom stereocenters. The Balaban J connectivity index is 3.09. The Morgan fingerprint density at radius 1 is 1.00 bits per heavy atom. The fraction of sp³-hybridized carbons (Fsp3) is 0.643. The Bertz CT molecular complexity index is 409. The van der Waals surface area contributed by atoms with Gasteiger partial charge in [-0.15, -0.1) is 0 Å². The second-order valence-corrected chi connectivity index (χ2v) is 4.65. The highest BCUT2D eigenvalue weighted by Crippen LogP contribution is 2.27. The van der Waals surface area contributed by atoms with Crippen molar-refractivity contribution in [2.45, 2.75) is 52.5 Å². The molecule has 3 nitrogen and oxygen atoms in total. The fourth-order valence-corrected chi connectivity index (χ4v) is 2.11. The number of halogens is 2. The summed E-state index contributed by atoms with van der Waals surface area (Å²) in [6.45, 7) is 8.52. The molecule has 0 saturated heterocycles. The Morgan fingerprint density at radius 3 is 2.00 bits per heavy atom. The predicted molar refractivity (Wildman–Crippen MR) is 75.5 cm³/mol. The van der Waals surface area contributed by atoms with E-state index in [1.165, 1.54) is 0 Å². The van der Waals surface area contributed by atoms with Crippen LogP contribution in [-0.2, 0) is 0 Å². The zero-order valence-corrected chi connectivity index (χ0v) is 12.1. The smallest absolute Gasteiger partial charge is 0.168 e. The van der Waals surface area contributed by atoms with E-state index >= 15 is 0 Å². The van der Waals surface area contributed by atoms with Gasteiger partial charge in [0.15, 0.2) is 23.3 Å². The first kappa shape index (κ1) is 15.7. The van der Waals surface area contributed by atoms with E-state index in [1.807, 2.05) is 27.7 Å². The maximum atomic E-state index is 13.8. The predicted octanol–water partition coefficient (Wildman–Crippen LogP) is 4.17. The minimum Gasteiger partial charge on any atom is -0.368 e. The van der Waals surface area contributed by atoms with Crippen LogP contribution >= 0.6 is 0 Å². The molecule has 0 aliphatic rings. The van der Waals surface area contributed by atoms with Gasteiger partial charge < -0.3 is 10.6 Å². The number of hydrogen-bond donors (Lipinski definition) is 2. The summed E-state index contributed by atoms with van der Waals surface area (Å²) in [6.07, 6.45) is 2.57. The summed E-state index contributed by atoms with van der Waals surface area (Å²) in [7, 11) is 0. The third-order valence-corrected chi connectivity index (χ3v) is 3.69. The lowest BCUT2D eigenvalue weighted by Gasteiger charge is -2.32. The molecule has 1 aromatic heterocycles. The number of aromatic nitrogens is 1. The summed E-state index contributed by atoms with van der Waals surface area (Å²) in [5, 5.41) is 5.93. The molecule has 1 heterocycles. The van der Waals surface area contributed by atoms with Crippen LogP contribution in [0, 0.1) is 11.6 Å². The van der Waals surface area contributed by atoms with Crippen LogP contribution in [0.1, 0.15) is 47.0 Å². The van der Waals surface area contributed by atoms with Crippen molar-refractivity contribution in [1.29, 1.82) is 0 Å². The fourth-order valence-electron chi connectivity index (χ4n) is 2.11. The second-order valence-electron chi connectivity index (χ2n) is 4.65. The molecule has 1 rings (SSSR count). The zero-order valence-electron chi connectivity index (χ0n) is 12.1. The third kappa shape index (κ3) is 3.55. The van der Waals surface area contributed by atoms with Crippen LogP contribution < -0.4 is 10.6 Å². The van der Waals surface area contributed by atoms with E-state index in [1.54, 1.807) is 0 Å². The van der Waals surface area contributed by atoms with Crippen molar-refractivity contribution in [3.8, 4) is 0 Å². The normalized spacial score (nSPS) is 11.5. The van der Waals surface area contributed by atoms with Gasteiger partial charge in [0.05, 0.1) is 0 Å². The molecule has 0 radical (unpaired) electrons. The van der Waals surface area contributed by atoms with Gasteiger partial charge in [-0.25, -0.2) is 13.8 Å². The summed E-state index contributed by atoms with van der Waals surface area (Å²) in [5.41, 5.74) is -0.199. The second kappa shape index (κ2) is 6.68. The molecule has 0 spiro atoms. The maximum absolute atomic E-state index is 13.8. The van der Waals surface area contributed by atoms with Crippen LogP contribution in [0.3, 0.4) is 0 Å². The number of hydrogen-bond acceptors (Lipinski definition) is 3. The monoisotopic (exact) mass is 271 g/mol. The van der Waals surface area contributed by atoms with E-state index in [0.717, 1.165) is 25.3 Å². The van der Waals surface area contributed by atoms with E-state index in [9.17, 15) is 8.78 Å². The van der Waals surface area contributed by atoms with Crippen molar-refractivity contribution >= 4 is 11.6 Å². The number of rotatable bonds is 7. The summed E-state index contributed by atoms with van der Waals surface area (Å²) < 4.78 is 27.3. The average molecular weight is 271 g/mol. The van der Waals surface area contributed by atoms with Gasteiger partial charge in [0.2, 0.25) is 0 Å². The topological polar surface area (TPSA) is 37.0 Å². The number of anilines is 2. The first-order chi connectivity index (χ1) is 9.01. The highest BCUT2D eigenvalue weighted by atomic mass is 19.1. The Labute approximate surface area is 113 Å². The standard InChI is InChI=1S/C14H23F2N3/c1-5-14(6-2,7-3)19-13-11(16)9-10(15)12(18-13)17-8-4/h9H,5-8H2,1-4H3,(H2,17,18,19). The first-order valence-electron chi connectivity index (χ1n) is 6.90. The quantitative estimate of drug-likeness (QED) is 0.781. The molecular weight excluding hydrogens is 248 g/mol. The molecule has 108 valence electrons. The van der Waals surface area contributed by atoms with Crippen LogP contribution in [-0.4, -0.2) is 17.1 Å². The Hall–Kier alpha value is -1.39. The largest absolute Gasteiger partial charge is 0.368 e. The van der Waals surface area contributed by atoms with Gasteiger partial charge in [0, 0.05) is 18.2 Å². The van der Waals surface area contributed by atoms with Crippen LogP contribution in [0.2, 0.25) is 0 Å². The SMILES string of the molecule is CCNc1nc(NC(CC)(CC)CC)c(F)cc1F. The van der Waals surface area contributed by atoms with Gasteiger partial charge in [0.25, 0.3) is 0 Å². The summed E-state index contributed by atoms with van der Waals surface area (Å²) in [4.78, 5) is 4.02. The molecule has 0 aromatic carbocycles. The Morgan fingerprint density at radius 2 is 1.53 bits per heavy atom. The molecule has 0 aliphatic heterocycles. The van der Waals surface area contributed by atoms with Crippen molar-refractivity contribution in [3.63, 3.8) is 0 Å². The molecule has 19 heavy (non-hydrogen) atoms. The lowest BCUT2D eigenvalue weighted by molar-refractivity contribution is 0.415. The molecule has 1 aromatic rings. The Kier molecular flexibility index (Phi) is 5.51. The third-order valence-electron chi connectivity index (χ3n) is 3.69. The minimum atomic E-state index is -0.667. The highest BCUT2D eigenvalue weighted by molar-refractivity contribution is 5.48. The summed E-state index contributed by atoms with van der Waals surface area (Å²) in [6, 6.07) is 0.874. The zero-order chi connectivity index (χ0) is 14.5. The van der Waals surface area contributed by atoms with E-state index in [0.29, 0.717) is 6.54 Å². The van der Waals surface area contributed by atoms with E-state index in [4.69, 9.17) is 0 Å². The van der Waals surface area contributed by atoms with E-state index < -0.39 is 11.6 Å². The van der Waals surface area contributed by atoms with Crippen molar-refractivity contribution in [2.24, 2.45) is 0 Å². The number of nitrogens with one attached hydrogen (secondary N) is 2. The minimum absolute atomic E-state index is 0.0867. The van der Waals surface area contributed by atoms with Gasteiger partial charge in [-0.3, -0.25) is 0 Å². The molecule has 0 amide bonds. The van der Waals surface area contributed by atoms with Crippen LogP contribution in [0.4, 0.5) is 20.4 Å². The average Bonchev–Trinajstić information content (AvgIpc) is 2.41. The molecule has 0 fully saturated rings. The van der Waals surface area contributed by atoms with Gasteiger partial charge in [-0.05, 0) is 26.2 Å². The van der Waals surface area contributed by atoms with Crippen molar-refractivity contribution in [1.82, 2.24) is 4.98 Å². The van der Waals surface area contributed by atoms with Crippen LogP contribution in [0.15, 0.2) is 6.07 Å². The van der Waals surface area contributed by atoms with E-state index in [2.05, 4.69) is 15.6 Å². The maximum Gasteiger partial charge on any atom is 0.168 e.